The van der Waals surface area contributed by atoms with Crippen LogP contribution in [0.3, 0.4) is 0 Å². The molecule has 5 nitrogen and oxygen atoms in total. The van der Waals surface area contributed by atoms with Crippen molar-refractivity contribution in [3.05, 3.63) is 85.1 Å². The van der Waals surface area contributed by atoms with Crippen molar-refractivity contribution in [1.82, 2.24) is 0 Å². The summed E-state index contributed by atoms with van der Waals surface area (Å²) >= 11 is 0. The molecule has 0 aliphatic carbocycles. The standard InChI is InChI=1S/C65H114O5/c1-4-7-10-13-16-19-22-25-28-31-33-35-37-40-43-46-49-52-55-58-64(66)69-62-63(61-68-60-57-54-51-48-45-42-39-30-27-24-21-18-15-12-9-6-3)70-65(67)59-56-53-50-47-44-41-38-36-34-32-29-26-23-20-17-14-11-8-5-2/h9,12,16-21,25-30,63H,4-8,10-11,13-15,22-24,31-62H2,1-3H3/b12-9-,19-16-,20-17-,21-18-,28-25-,29-26-,30-27-. The molecule has 0 aliphatic rings. The van der Waals surface area contributed by atoms with Gasteiger partial charge in [-0.2, -0.15) is 0 Å². The summed E-state index contributed by atoms with van der Waals surface area (Å²) in [5.41, 5.74) is 0. The Balaban J connectivity index is 4.30. The average Bonchev–Trinajstić information content (AvgIpc) is 3.36. The predicted octanol–water partition coefficient (Wildman–Crippen LogP) is 20.8. The lowest BCUT2D eigenvalue weighted by atomic mass is 10.1. The Bertz CT molecular complexity index is 1290. The molecule has 0 aromatic carbocycles. The van der Waals surface area contributed by atoms with Crippen LogP contribution in [0.25, 0.3) is 0 Å². The molecular formula is C65H114O5. The smallest absolute Gasteiger partial charge is 0.306 e. The third-order valence-electron chi connectivity index (χ3n) is 12.9. The van der Waals surface area contributed by atoms with Gasteiger partial charge in [0.05, 0.1) is 6.61 Å². The van der Waals surface area contributed by atoms with E-state index in [1.54, 1.807) is 0 Å². The van der Waals surface area contributed by atoms with E-state index in [1.165, 1.54) is 173 Å². The second-order valence-electron chi connectivity index (χ2n) is 19.9. The number of allylic oxidation sites excluding steroid dienone is 14. The number of carbonyl (C=O) groups excluding carboxylic acids is 2. The van der Waals surface area contributed by atoms with E-state index in [-0.39, 0.29) is 25.2 Å². The van der Waals surface area contributed by atoms with Gasteiger partial charge in [-0.1, -0.05) is 247 Å². The highest BCUT2D eigenvalue weighted by atomic mass is 16.6. The Kier molecular flexibility index (Phi) is 57.9. The maximum atomic E-state index is 12.9. The van der Waals surface area contributed by atoms with E-state index in [1.807, 2.05) is 0 Å². The summed E-state index contributed by atoms with van der Waals surface area (Å²) < 4.78 is 17.5. The van der Waals surface area contributed by atoms with Crippen LogP contribution in [0, 0.1) is 0 Å². The molecule has 0 saturated heterocycles. The number of carbonyl (C=O) groups is 2. The summed E-state index contributed by atoms with van der Waals surface area (Å²) in [6.45, 7) is 7.66. The topological polar surface area (TPSA) is 61.8 Å². The number of esters is 2. The average molecular weight is 976 g/mol. The fourth-order valence-electron chi connectivity index (χ4n) is 8.41. The molecule has 0 bridgehead atoms. The van der Waals surface area contributed by atoms with Crippen LogP contribution < -0.4 is 0 Å². The number of hydrogen-bond donors (Lipinski definition) is 0. The van der Waals surface area contributed by atoms with Gasteiger partial charge in [-0.15, -0.1) is 0 Å². The molecule has 0 heterocycles. The number of hydrogen-bond acceptors (Lipinski definition) is 5. The third-order valence-corrected chi connectivity index (χ3v) is 12.9. The largest absolute Gasteiger partial charge is 0.462 e. The quantitative estimate of drug-likeness (QED) is 0.0345. The van der Waals surface area contributed by atoms with Crippen molar-refractivity contribution in [2.24, 2.45) is 0 Å². The first kappa shape index (κ1) is 67.1. The highest BCUT2D eigenvalue weighted by Gasteiger charge is 2.17. The van der Waals surface area contributed by atoms with Gasteiger partial charge in [0.1, 0.15) is 6.61 Å². The van der Waals surface area contributed by atoms with Crippen molar-refractivity contribution in [3.63, 3.8) is 0 Å². The van der Waals surface area contributed by atoms with Crippen molar-refractivity contribution in [3.8, 4) is 0 Å². The lowest BCUT2D eigenvalue weighted by molar-refractivity contribution is -0.163. The van der Waals surface area contributed by atoms with Crippen molar-refractivity contribution < 1.29 is 23.8 Å². The van der Waals surface area contributed by atoms with Crippen molar-refractivity contribution >= 4 is 11.9 Å². The SMILES string of the molecule is CC/C=C\C/C=C\C/C=C\CCCCCCCCOCC(COC(=O)CCCCCCCCCCC/C=C\C/C=C\CCCCC)OC(=O)CCCCCCCCCCC/C=C\C/C=C\CCCCC. The van der Waals surface area contributed by atoms with E-state index in [4.69, 9.17) is 14.2 Å². The molecule has 0 fully saturated rings. The predicted molar refractivity (Wildman–Crippen MR) is 307 cm³/mol. The molecule has 0 saturated carbocycles. The molecule has 0 aromatic rings. The molecule has 404 valence electrons. The zero-order chi connectivity index (χ0) is 50.6. The van der Waals surface area contributed by atoms with Crippen LogP contribution in [0.1, 0.15) is 290 Å². The summed E-state index contributed by atoms with van der Waals surface area (Å²) in [5.74, 6) is -0.407. The molecule has 70 heavy (non-hydrogen) atoms. The number of ether oxygens (including phenoxy) is 3. The molecule has 1 atom stereocenters. The molecule has 0 spiro atoms. The van der Waals surface area contributed by atoms with Crippen LogP contribution in [0.2, 0.25) is 0 Å². The van der Waals surface area contributed by atoms with Crippen LogP contribution in [-0.4, -0.2) is 37.9 Å². The van der Waals surface area contributed by atoms with Gasteiger partial charge in [-0.25, -0.2) is 0 Å². The van der Waals surface area contributed by atoms with Crippen molar-refractivity contribution in [2.45, 2.75) is 297 Å². The Hall–Kier alpha value is -2.92. The van der Waals surface area contributed by atoms with Crippen molar-refractivity contribution in [1.29, 1.82) is 0 Å². The molecule has 0 N–H and O–H groups in total. The van der Waals surface area contributed by atoms with Gasteiger partial charge in [-0.3, -0.25) is 9.59 Å². The monoisotopic (exact) mass is 975 g/mol. The summed E-state index contributed by atoms with van der Waals surface area (Å²) in [6.07, 6.45) is 80.3. The Labute approximate surface area is 435 Å². The minimum Gasteiger partial charge on any atom is -0.462 e. The summed E-state index contributed by atoms with van der Waals surface area (Å²) in [7, 11) is 0. The van der Waals surface area contributed by atoms with Gasteiger partial charge < -0.3 is 14.2 Å². The first-order valence-corrected chi connectivity index (χ1v) is 30.1. The minimum absolute atomic E-state index is 0.0738. The lowest BCUT2D eigenvalue weighted by Crippen LogP contribution is -2.30. The fourth-order valence-corrected chi connectivity index (χ4v) is 8.41. The molecular weight excluding hydrogens is 861 g/mol. The molecule has 0 radical (unpaired) electrons. The van der Waals surface area contributed by atoms with E-state index in [0.29, 0.717) is 19.4 Å². The van der Waals surface area contributed by atoms with Crippen LogP contribution in [-0.2, 0) is 23.8 Å². The van der Waals surface area contributed by atoms with E-state index < -0.39 is 6.10 Å². The van der Waals surface area contributed by atoms with Crippen LogP contribution >= 0.6 is 0 Å². The first-order chi connectivity index (χ1) is 34.6. The second-order valence-corrected chi connectivity index (χ2v) is 19.9. The zero-order valence-electron chi connectivity index (χ0n) is 46.5. The van der Waals surface area contributed by atoms with E-state index in [2.05, 4.69) is 106 Å². The second kappa shape index (κ2) is 60.4. The third kappa shape index (κ3) is 57.7. The lowest BCUT2D eigenvalue weighted by Gasteiger charge is -2.18. The molecule has 0 aromatic heterocycles. The minimum atomic E-state index is -0.552. The maximum absolute atomic E-state index is 12.9. The normalized spacial score (nSPS) is 12.8. The van der Waals surface area contributed by atoms with E-state index in [9.17, 15) is 9.59 Å². The molecule has 0 aliphatic heterocycles. The van der Waals surface area contributed by atoms with Gasteiger partial charge >= 0.3 is 11.9 Å². The van der Waals surface area contributed by atoms with Gasteiger partial charge in [0.2, 0.25) is 0 Å². The van der Waals surface area contributed by atoms with Gasteiger partial charge in [0, 0.05) is 19.4 Å². The summed E-state index contributed by atoms with van der Waals surface area (Å²) in [5, 5.41) is 0. The van der Waals surface area contributed by atoms with Crippen LogP contribution in [0.15, 0.2) is 85.1 Å². The van der Waals surface area contributed by atoms with E-state index in [0.717, 1.165) is 83.5 Å². The molecule has 1 unspecified atom stereocenters. The van der Waals surface area contributed by atoms with Crippen LogP contribution in [0.5, 0.6) is 0 Å². The zero-order valence-corrected chi connectivity index (χ0v) is 46.5. The van der Waals surface area contributed by atoms with Crippen molar-refractivity contribution in [2.75, 3.05) is 19.8 Å². The van der Waals surface area contributed by atoms with Gasteiger partial charge in [-0.05, 0) is 116 Å². The molecule has 0 amide bonds. The number of rotatable bonds is 55. The summed E-state index contributed by atoms with van der Waals surface area (Å²) in [4.78, 5) is 25.6. The van der Waals surface area contributed by atoms with Gasteiger partial charge in [0.25, 0.3) is 0 Å². The molecule has 0 rings (SSSR count). The summed E-state index contributed by atoms with van der Waals surface area (Å²) in [6, 6.07) is 0. The Morgan fingerprint density at radius 1 is 0.329 bits per heavy atom. The highest BCUT2D eigenvalue weighted by molar-refractivity contribution is 5.70. The van der Waals surface area contributed by atoms with Crippen LogP contribution in [0.4, 0.5) is 0 Å². The fraction of sp³-hybridized carbons (Fsp3) is 0.754. The maximum Gasteiger partial charge on any atom is 0.306 e. The number of unbranched alkanes of at least 4 members (excludes halogenated alkanes) is 30. The van der Waals surface area contributed by atoms with E-state index >= 15 is 0 Å². The first-order valence-electron chi connectivity index (χ1n) is 30.1. The highest BCUT2D eigenvalue weighted by Crippen LogP contribution is 2.15. The Morgan fingerprint density at radius 3 is 1.03 bits per heavy atom. The molecule has 5 heteroatoms. The Morgan fingerprint density at radius 2 is 0.643 bits per heavy atom. The van der Waals surface area contributed by atoms with Gasteiger partial charge in [0.15, 0.2) is 6.10 Å².